The summed E-state index contributed by atoms with van der Waals surface area (Å²) in [6.07, 6.45) is 2.81. The van der Waals surface area contributed by atoms with Gasteiger partial charge in [0.1, 0.15) is 0 Å². The minimum atomic E-state index is -0.444. The minimum Gasteiger partial charge on any atom is -0.393 e. The summed E-state index contributed by atoms with van der Waals surface area (Å²) in [5.41, 5.74) is 0.945. The fraction of sp³-hybridized carbons (Fsp3) is 0.588. The number of nitrogens with one attached hydrogen (secondary N) is 1. The maximum Gasteiger partial charge on any atom is 0.273 e. The van der Waals surface area contributed by atoms with Crippen LogP contribution in [0.5, 0.6) is 0 Å². The van der Waals surface area contributed by atoms with Gasteiger partial charge in [0.15, 0.2) is 0 Å². The second-order valence-corrected chi connectivity index (χ2v) is 6.14. The number of nitrogens with zero attached hydrogens (tertiary/aromatic N) is 2. The molecule has 1 aliphatic rings. The largest absolute Gasteiger partial charge is 0.393 e. The number of aliphatic hydroxyl groups excluding tert-OH is 1. The molecule has 132 valence electrons. The van der Waals surface area contributed by atoms with Crippen LogP contribution in [-0.2, 0) is 6.42 Å². The Morgan fingerprint density at radius 3 is 2.75 bits per heavy atom. The molecule has 0 atom stereocenters. The Balaban J connectivity index is 1.80. The zero-order chi connectivity index (χ0) is 17.5. The molecule has 0 saturated carbocycles. The highest BCUT2D eigenvalue weighted by molar-refractivity contribution is 5.94. The van der Waals surface area contributed by atoms with Crippen molar-refractivity contribution in [3.63, 3.8) is 0 Å². The molecule has 1 saturated heterocycles. The van der Waals surface area contributed by atoms with Crippen molar-refractivity contribution in [1.82, 2.24) is 10.2 Å². The number of piperidine rings is 1. The highest BCUT2D eigenvalue weighted by Crippen LogP contribution is 2.20. The number of benzene rings is 1. The Hall–Kier alpha value is -1.99. The Morgan fingerprint density at radius 2 is 2.12 bits per heavy atom. The molecule has 0 bridgehead atoms. The minimum absolute atomic E-state index is 0.00276. The van der Waals surface area contributed by atoms with E-state index >= 15 is 0 Å². The summed E-state index contributed by atoms with van der Waals surface area (Å²) in [5.74, 6) is -0.283. The second-order valence-electron chi connectivity index (χ2n) is 6.14. The molecule has 2 N–H and O–H groups in total. The summed E-state index contributed by atoms with van der Waals surface area (Å²) in [6.45, 7) is 5.03. The van der Waals surface area contributed by atoms with Gasteiger partial charge in [-0.25, -0.2) is 0 Å². The van der Waals surface area contributed by atoms with Gasteiger partial charge in [0.05, 0.1) is 11.0 Å². The third-order valence-corrected chi connectivity index (χ3v) is 4.42. The molecule has 7 nitrogen and oxygen atoms in total. The van der Waals surface area contributed by atoms with E-state index in [0.29, 0.717) is 24.1 Å². The van der Waals surface area contributed by atoms with Crippen molar-refractivity contribution in [3.05, 3.63) is 39.4 Å². The highest BCUT2D eigenvalue weighted by atomic mass is 16.6. The summed E-state index contributed by atoms with van der Waals surface area (Å²) in [4.78, 5) is 25.0. The van der Waals surface area contributed by atoms with Gasteiger partial charge in [-0.2, -0.15) is 0 Å². The summed E-state index contributed by atoms with van der Waals surface area (Å²) in [6, 6.07) is 4.62. The number of carbonyl (C=O) groups excluding carboxylic acids is 1. The average Bonchev–Trinajstić information content (AvgIpc) is 2.59. The number of nitro groups is 1. The maximum atomic E-state index is 12.1. The van der Waals surface area contributed by atoms with Crippen LogP contribution in [0.15, 0.2) is 18.2 Å². The predicted octanol–water partition coefficient (Wildman–Crippen LogP) is 1.73. The fourth-order valence-electron chi connectivity index (χ4n) is 2.92. The van der Waals surface area contributed by atoms with Crippen molar-refractivity contribution in [2.24, 2.45) is 0 Å². The van der Waals surface area contributed by atoms with Crippen molar-refractivity contribution in [2.45, 2.75) is 38.7 Å². The molecule has 1 aliphatic heterocycles. The van der Waals surface area contributed by atoms with Crippen LogP contribution in [0.2, 0.25) is 0 Å². The van der Waals surface area contributed by atoms with E-state index in [-0.39, 0.29) is 17.7 Å². The molecule has 7 heteroatoms. The van der Waals surface area contributed by atoms with Crippen molar-refractivity contribution >= 4 is 11.6 Å². The van der Waals surface area contributed by atoms with Crippen molar-refractivity contribution in [2.75, 3.05) is 26.2 Å². The number of nitro benzene ring substituents is 1. The van der Waals surface area contributed by atoms with Gasteiger partial charge in [-0.1, -0.05) is 13.0 Å². The predicted molar refractivity (Wildman–Crippen MR) is 91.1 cm³/mol. The van der Waals surface area contributed by atoms with Crippen LogP contribution in [0.4, 0.5) is 5.69 Å². The number of aliphatic hydroxyl groups is 1. The molecular weight excluding hydrogens is 310 g/mol. The van der Waals surface area contributed by atoms with Crippen molar-refractivity contribution < 1.29 is 14.8 Å². The number of rotatable bonds is 7. The van der Waals surface area contributed by atoms with E-state index < -0.39 is 4.92 Å². The molecule has 1 aromatic rings. The lowest BCUT2D eigenvalue weighted by Gasteiger charge is -2.29. The third-order valence-electron chi connectivity index (χ3n) is 4.42. The molecule has 1 aromatic carbocycles. The van der Waals surface area contributed by atoms with Crippen LogP contribution in [0.3, 0.4) is 0 Å². The topological polar surface area (TPSA) is 95.7 Å². The van der Waals surface area contributed by atoms with Crippen LogP contribution in [0.25, 0.3) is 0 Å². The number of amides is 1. The number of aryl methyl sites for hydroxylation is 1. The van der Waals surface area contributed by atoms with Crippen LogP contribution in [0.1, 0.15) is 42.1 Å². The first-order valence-electron chi connectivity index (χ1n) is 8.47. The van der Waals surface area contributed by atoms with Gasteiger partial charge in [0.2, 0.25) is 0 Å². The molecule has 1 fully saturated rings. The lowest BCUT2D eigenvalue weighted by atomic mass is 10.1. The quantitative estimate of drug-likeness (QED) is 0.449. The Kier molecular flexibility index (Phi) is 6.69. The fourth-order valence-corrected chi connectivity index (χ4v) is 2.92. The SMILES string of the molecule is CCc1ccc(C(=O)NCCCN2CCC(O)CC2)cc1[N+](=O)[O-]. The standard InChI is InChI=1S/C17H25N3O4/c1-2-13-4-5-14(12-16(13)20(23)24)17(22)18-8-3-9-19-10-6-15(21)7-11-19/h4-5,12,15,21H,2-3,6-11H2,1H3,(H,18,22). The lowest BCUT2D eigenvalue weighted by Crippen LogP contribution is -2.37. The van der Waals surface area contributed by atoms with E-state index in [1.807, 2.05) is 6.92 Å². The monoisotopic (exact) mass is 335 g/mol. The van der Waals surface area contributed by atoms with Gasteiger partial charge < -0.3 is 15.3 Å². The molecule has 0 unspecified atom stereocenters. The first-order valence-corrected chi connectivity index (χ1v) is 8.47. The first kappa shape index (κ1) is 18.4. The van der Waals surface area contributed by atoms with Crippen molar-refractivity contribution in [1.29, 1.82) is 0 Å². The lowest BCUT2D eigenvalue weighted by molar-refractivity contribution is -0.385. The number of hydrogen-bond donors (Lipinski definition) is 2. The molecule has 1 heterocycles. The molecule has 0 aliphatic carbocycles. The molecular formula is C17H25N3O4. The molecule has 24 heavy (non-hydrogen) atoms. The van der Waals surface area contributed by atoms with Gasteiger partial charge in [-0.15, -0.1) is 0 Å². The normalized spacial score (nSPS) is 16.1. The van der Waals surface area contributed by atoms with E-state index in [9.17, 15) is 20.0 Å². The molecule has 1 amide bonds. The summed E-state index contributed by atoms with van der Waals surface area (Å²) < 4.78 is 0. The van der Waals surface area contributed by atoms with Gasteiger partial charge in [0, 0.05) is 36.8 Å². The Morgan fingerprint density at radius 1 is 1.42 bits per heavy atom. The van der Waals surface area contributed by atoms with E-state index in [4.69, 9.17) is 0 Å². The summed E-state index contributed by atoms with van der Waals surface area (Å²) in [5, 5.41) is 23.3. The number of likely N-dealkylation sites (tertiary alicyclic amines) is 1. The Labute approximate surface area is 141 Å². The molecule has 0 aromatic heterocycles. The van der Waals surface area contributed by atoms with E-state index in [1.165, 1.54) is 6.07 Å². The zero-order valence-corrected chi connectivity index (χ0v) is 14.0. The summed E-state index contributed by atoms with van der Waals surface area (Å²) in [7, 11) is 0. The third kappa shape index (κ3) is 5.01. The highest BCUT2D eigenvalue weighted by Gasteiger charge is 2.17. The Bertz CT molecular complexity index is 583. The van der Waals surface area contributed by atoms with E-state index in [1.54, 1.807) is 12.1 Å². The maximum absolute atomic E-state index is 12.1. The van der Waals surface area contributed by atoms with E-state index in [0.717, 1.165) is 38.9 Å². The van der Waals surface area contributed by atoms with Gasteiger partial charge in [-0.3, -0.25) is 14.9 Å². The van der Waals surface area contributed by atoms with Crippen LogP contribution in [0, 0.1) is 10.1 Å². The second kappa shape index (κ2) is 8.75. The van der Waals surface area contributed by atoms with Gasteiger partial charge >= 0.3 is 0 Å². The first-order chi connectivity index (χ1) is 11.5. The van der Waals surface area contributed by atoms with Gasteiger partial charge in [-0.05, 0) is 38.3 Å². The smallest absolute Gasteiger partial charge is 0.273 e. The van der Waals surface area contributed by atoms with Crippen LogP contribution < -0.4 is 5.32 Å². The average molecular weight is 335 g/mol. The summed E-state index contributed by atoms with van der Waals surface area (Å²) >= 11 is 0. The van der Waals surface area contributed by atoms with Crippen LogP contribution in [-0.4, -0.2) is 53.1 Å². The van der Waals surface area contributed by atoms with Crippen molar-refractivity contribution in [3.8, 4) is 0 Å². The van der Waals surface area contributed by atoms with Crippen LogP contribution >= 0.6 is 0 Å². The number of carbonyl (C=O) groups is 1. The van der Waals surface area contributed by atoms with E-state index in [2.05, 4.69) is 10.2 Å². The number of hydrogen-bond acceptors (Lipinski definition) is 5. The molecule has 2 rings (SSSR count). The zero-order valence-electron chi connectivity index (χ0n) is 14.0. The van der Waals surface area contributed by atoms with Gasteiger partial charge in [0.25, 0.3) is 11.6 Å². The molecule has 0 radical (unpaired) electrons. The molecule has 0 spiro atoms.